The zero-order valence-electron chi connectivity index (χ0n) is 14.3. The molecule has 0 aliphatic carbocycles. The number of benzene rings is 2. The van der Waals surface area contributed by atoms with E-state index in [9.17, 15) is 0 Å². The lowest BCUT2D eigenvalue weighted by Gasteiger charge is -2.28. The van der Waals surface area contributed by atoms with E-state index in [2.05, 4.69) is 34.7 Å². The van der Waals surface area contributed by atoms with Crippen molar-refractivity contribution >= 4 is 5.96 Å². The Hall–Kier alpha value is -3.00. The number of ether oxygens (including phenoxy) is 1. The molecule has 0 fully saturated rings. The van der Waals surface area contributed by atoms with Gasteiger partial charge in [0.2, 0.25) is 0 Å². The molecule has 5 heteroatoms. The third kappa shape index (κ3) is 4.30. The summed E-state index contributed by atoms with van der Waals surface area (Å²) in [6.07, 6.45) is 0.901. The zero-order chi connectivity index (χ0) is 17.5. The van der Waals surface area contributed by atoms with Gasteiger partial charge in [-0.15, -0.1) is 0 Å². The van der Waals surface area contributed by atoms with Crippen LogP contribution in [-0.4, -0.2) is 19.1 Å². The van der Waals surface area contributed by atoms with Gasteiger partial charge in [0, 0.05) is 18.5 Å². The molecule has 0 amide bonds. The lowest BCUT2D eigenvalue weighted by Crippen LogP contribution is -2.41. The molecule has 1 atom stereocenters. The van der Waals surface area contributed by atoms with Crippen molar-refractivity contribution in [2.45, 2.75) is 25.9 Å². The SMILES string of the molecule is CCNC(=NCc1ccc(C#N)cc1)NC1CCOc2ccccc21. The van der Waals surface area contributed by atoms with Crippen molar-refractivity contribution in [3.8, 4) is 11.8 Å². The fraction of sp³-hybridized carbons (Fsp3) is 0.300. The van der Waals surface area contributed by atoms with Crippen LogP contribution < -0.4 is 15.4 Å². The Bertz CT molecular complexity index is 777. The summed E-state index contributed by atoms with van der Waals surface area (Å²) in [4.78, 5) is 4.68. The maximum atomic E-state index is 8.87. The van der Waals surface area contributed by atoms with Crippen molar-refractivity contribution in [1.29, 1.82) is 5.26 Å². The minimum Gasteiger partial charge on any atom is -0.493 e. The summed E-state index contributed by atoms with van der Waals surface area (Å²) in [5.74, 6) is 1.72. The van der Waals surface area contributed by atoms with Crippen molar-refractivity contribution in [1.82, 2.24) is 10.6 Å². The van der Waals surface area contributed by atoms with E-state index in [4.69, 9.17) is 10.00 Å². The molecule has 2 aromatic rings. The number of hydrogen-bond donors (Lipinski definition) is 2. The van der Waals surface area contributed by atoms with Crippen LogP contribution in [0.3, 0.4) is 0 Å². The Morgan fingerprint density at radius 1 is 1.24 bits per heavy atom. The summed E-state index contributed by atoms with van der Waals surface area (Å²) in [5, 5.41) is 15.7. The molecule has 0 saturated carbocycles. The second-order valence-electron chi connectivity index (χ2n) is 5.88. The predicted octanol–water partition coefficient (Wildman–Crippen LogP) is 3.14. The molecule has 1 heterocycles. The number of para-hydroxylation sites is 1. The van der Waals surface area contributed by atoms with Crippen LogP contribution in [-0.2, 0) is 6.54 Å². The zero-order valence-corrected chi connectivity index (χ0v) is 14.3. The molecule has 128 valence electrons. The third-order valence-corrected chi connectivity index (χ3v) is 4.12. The summed E-state index contributed by atoms with van der Waals surface area (Å²) >= 11 is 0. The minimum absolute atomic E-state index is 0.184. The minimum atomic E-state index is 0.184. The highest BCUT2D eigenvalue weighted by Crippen LogP contribution is 2.31. The van der Waals surface area contributed by atoms with Crippen LogP contribution in [0.15, 0.2) is 53.5 Å². The highest BCUT2D eigenvalue weighted by molar-refractivity contribution is 5.80. The van der Waals surface area contributed by atoms with Crippen LogP contribution in [0.25, 0.3) is 0 Å². The molecule has 1 aliphatic rings. The summed E-state index contributed by atoms with van der Waals surface area (Å²) in [5.41, 5.74) is 2.90. The molecular weight excluding hydrogens is 312 g/mol. The molecule has 3 rings (SSSR count). The van der Waals surface area contributed by atoms with Crippen LogP contribution in [0.4, 0.5) is 0 Å². The van der Waals surface area contributed by atoms with Gasteiger partial charge >= 0.3 is 0 Å². The van der Waals surface area contributed by atoms with E-state index in [0.29, 0.717) is 18.7 Å². The number of aliphatic imine (C=N–C) groups is 1. The normalized spacial score (nSPS) is 16.3. The van der Waals surface area contributed by atoms with Gasteiger partial charge in [-0.2, -0.15) is 5.26 Å². The van der Waals surface area contributed by atoms with Gasteiger partial charge in [-0.05, 0) is 30.7 Å². The molecule has 1 unspecified atom stereocenters. The van der Waals surface area contributed by atoms with Gasteiger partial charge in [0.15, 0.2) is 5.96 Å². The Morgan fingerprint density at radius 3 is 2.80 bits per heavy atom. The lowest BCUT2D eigenvalue weighted by atomic mass is 10.0. The molecule has 25 heavy (non-hydrogen) atoms. The smallest absolute Gasteiger partial charge is 0.192 e. The summed E-state index contributed by atoms with van der Waals surface area (Å²) in [6.45, 7) is 4.11. The van der Waals surface area contributed by atoms with E-state index < -0.39 is 0 Å². The first-order valence-corrected chi connectivity index (χ1v) is 8.55. The fourth-order valence-corrected chi connectivity index (χ4v) is 2.83. The van der Waals surface area contributed by atoms with Crippen LogP contribution in [0.2, 0.25) is 0 Å². The van der Waals surface area contributed by atoms with Gasteiger partial charge in [0.25, 0.3) is 0 Å². The quantitative estimate of drug-likeness (QED) is 0.666. The highest BCUT2D eigenvalue weighted by Gasteiger charge is 2.21. The molecule has 0 radical (unpaired) electrons. The second kappa shape index (κ2) is 8.20. The molecule has 0 spiro atoms. The number of nitrogens with one attached hydrogen (secondary N) is 2. The second-order valence-corrected chi connectivity index (χ2v) is 5.88. The van der Waals surface area contributed by atoms with Gasteiger partial charge in [-0.25, -0.2) is 4.99 Å². The van der Waals surface area contributed by atoms with Crippen LogP contribution in [0.1, 0.15) is 36.1 Å². The van der Waals surface area contributed by atoms with E-state index in [1.807, 2.05) is 42.5 Å². The first-order chi connectivity index (χ1) is 12.3. The lowest BCUT2D eigenvalue weighted by molar-refractivity contribution is 0.261. The average Bonchev–Trinajstić information content (AvgIpc) is 2.67. The predicted molar refractivity (Wildman–Crippen MR) is 98.4 cm³/mol. The summed E-state index contributed by atoms with van der Waals surface area (Å²) in [7, 11) is 0. The standard InChI is InChI=1S/C20H22N4O/c1-2-22-20(23-14-16-9-7-15(13-21)8-10-16)24-18-11-12-25-19-6-4-3-5-17(18)19/h3-10,18H,2,11-12,14H2,1H3,(H2,22,23,24). The van der Waals surface area contributed by atoms with E-state index in [1.165, 1.54) is 0 Å². The monoisotopic (exact) mass is 334 g/mol. The molecule has 5 nitrogen and oxygen atoms in total. The molecule has 2 aromatic carbocycles. The average molecular weight is 334 g/mol. The Balaban J connectivity index is 1.72. The Morgan fingerprint density at radius 2 is 2.04 bits per heavy atom. The summed E-state index contributed by atoms with van der Waals surface area (Å²) in [6, 6.07) is 18.0. The van der Waals surface area contributed by atoms with E-state index in [1.54, 1.807) is 0 Å². The van der Waals surface area contributed by atoms with Gasteiger partial charge < -0.3 is 15.4 Å². The van der Waals surface area contributed by atoms with Gasteiger partial charge in [-0.1, -0.05) is 30.3 Å². The molecule has 1 aliphatic heterocycles. The first-order valence-electron chi connectivity index (χ1n) is 8.55. The van der Waals surface area contributed by atoms with Gasteiger partial charge in [-0.3, -0.25) is 0 Å². The Labute approximate surface area is 148 Å². The number of fused-ring (bicyclic) bond motifs is 1. The number of hydrogen-bond acceptors (Lipinski definition) is 3. The van der Waals surface area contributed by atoms with Crippen molar-refractivity contribution in [3.63, 3.8) is 0 Å². The van der Waals surface area contributed by atoms with E-state index >= 15 is 0 Å². The van der Waals surface area contributed by atoms with Crippen molar-refractivity contribution in [2.75, 3.05) is 13.2 Å². The number of rotatable bonds is 4. The van der Waals surface area contributed by atoms with Crippen LogP contribution in [0, 0.1) is 11.3 Å². The van der Waals surface area contributed by atoms with Crippen molar-refractivity contribution in [2.24, 2.45) is 4.99 Å². The summed E-state index contributed by atoms with van der Waals surface area (Å²) < 4.78 is 5.72. The molecule has 0 aromatic heterocycles. The largest absolute Gasteiger partial charge is 0.493 e. The molecule has 2 N–H and O–H groups in total. The van der Waals surface area contributed by atoms with Crippen LogP contribution >= 0.6 is 0 Å². The van der Waals surface area contributed by atoms with Gasteiger partial charge in [0.05, 0.1) is 30.8 Å². The fourth-order valence-electron chi connectivity index (χ4n) is 2.83. The topological polar surface area (TPSA) is 69.4 Å². The molecule has 0 bridgehead atoms. The Kier molecular flexibility index (Phi) is 5.53. The van der Waals surface area contributed by atoms with E-state index in [-0.39, 0.29) is 6.04 Å². The molecular formula is C20H22N4O. The number of guanidine groups is 1. The van der Waals surface area contributed by atoms with Gasteiger partial charge in [0.1, 0.15) is 5.75 Å². The number of nitriles is 1. The first kappa shape index (κ1) is 16.8. The number of nitrogens with zero attached hydrogens (tertiary/aromatic N) is 2. The van der Waals surface area contributed by atoms with Crippen molar-refractivity contribution in [3.05, 3.63) is 65.2 Å². The highest BCUT2D eigenvalue weighted by atomic mass is 16.5. The van der Waals surface area contributed by atoms with E-state index in [0.717, 1.165) is 35.8 Å². The van der Waals surface area contributed by atoms with Crippen LogP contribution in [0.5, 0.6) is 5.75 Å². The maximum Gasteiger partial charge on any atom is 0.192 e. The molecule has 0 saturated heterocycles. The van der Waals surface area contributed by atoms with Crippen molar-refractivity contribution < 1.29 is 4.74 Å². The third-order valence-electron chi connectivity index (χ3n) is 4.12. The maximum absolute atomic E-state index is 8.87.